The number of esters is 1. The molecule has 0 aliphatic carbocycles. The second kappa shape index (κ2) is 15.0. The molecule has 19 heavy (non-hydrogen) atoms. The maximum Gasteiger partial charge on any atom is 0.310 e. The van der Waals surface area contributed by atoms with Crippen molar-refractivity contribution >= 4 is 5.97 Å². The van der Waals surface area contributed by atoms with Gasteiger partial charge in [0.05, 0.1) is 6.26 Å². The molecule has 0 aromatic carbocycles. The molecular weight excluding hydrogens is 236 g/mol. The van der Waals surface area contributed by atoms with E-state index < -0.39 is 0 Å². The Morgan fingerprint density at radius 3 is 2.32 bits per heavy atom. The van der Waals surface area contributed by atoms with Crippen LogP contribution in [0.4, 0.5) is 0 Å². The molecular formula is C17H30O2. The van der Waals surface area contributed by atoms with E-state index in [4.69, 9.17) is 4.74 Å². The van der Waals surface area contributed by atoms with Gasteiger partial charge in [-0.2, -0.15) is 0 Å². The molecule has 0 atom stereocenters. The minimum absolute atomic E-state index is 0.118. The van der Waals surface area contributed by atoms with E-state index in [1.165, 1.54) is 44.8 Å². The van der Waals surface area contributed by atoms with E-state index in [1.807, 2.05) is 6.08 Å². The van der Waals surface area contributed by atoms with Crippen LogP contribution in [0, 0.1) is 0 Å². The summed E-state index contributed by atoms with van der Waals surface area (Å²) in [6.07, 6.45) is 18.5. The van der Waals surface area contributed by atoms with E-state index in [0.29, 0.717) is 6.42 Å². The number of hydrogen-bond acceptors (Lipinski definition) is 2. The summed E-state index contributed by atoms with van der Waals surface area (Å²) in [7, 11) is 0. The summed E-state index contributed by atoms with van der Waals surface area (Å²) >= 11 is 0. The third-order valence-corrected chi connectivity index (χ3v) is 2.98. The van der Waals surface area contributed by atoms with Gasteiger partial charge < -0.3 is 4.74 Å². The van der Waals surface area contributed by atoms with Crippen molar-refractivity contribution in [3.63, 3.8) is 0 Å². The highest BCUT2D eigenvalue weighted by atomic mass is 16.5. The average Bonchev–Trinajstić information content (AvgIpc) is 2.41. The summed E-state index contributed by atoms with van der Waals surface area (Å²) in [5, 5.41) is 0. The Kier molecular flexibility index (Phi) is 14.2. The van der Waals surface area contributed by atoms with Crippen molar-refractivity contribution in [2.45, 2.75) is 78.1 Å². The van der Waals surface area contributed by atoms with Gasteiger partial charge >= 0.3 is 5.97 Å². The predicted octanol–water partition coefficient (Wildman–Crippen LogP) is 5.54. The lowest BCUT2D eigenvalue weighted by Crippen LogP contribution is -1.98. The number of ether oxygens (including phenoxy) is 1. The fourth-order valence-corrected chi connectivity index (χ4v) is 1.78. The Morgan fingerprint density at radius 2 is 1.58 bits per heavy atom. The maximum absolute atomic E-state index is 11.4. The zero-order valence-corrected chi connectivity index (χ0v) is 12.7. The molecule has 0 aliphatic rings. The Labute approximate surface area is 118 Å². The minimum Gasteiger partial charge on any atom is -0.434 e. The highest BCUT2D eigenvalue weighted by molar-refractivity contribution is 5.69. The molecule has 0 saturated carbocycles. The summed E-state index contributed by atoms with van der Waals surface area (Å²) in [6, 6.07) is 0. The Balaban J connectivity index is 3.40. The molecule has 2 nitrogen and oxygen atoms in total. The van der Waals surface area contributed by atoms with Crippen molar-refractivity contribution in [2.24, 2.45) is 0 Å². The number of carbonyl (C=O) groups is 1. The molecule has 0 aromatic heterocycles. The quantitative estimate of drug-likeness (QED) is 0.201. The van der Waals surface area contributed by atoms with Crippen LogP contribution in [-0.4, -0.2) is 5.97 Å². The molecule has 0 N–H and O–H groups in total. The zero-order chi connectivity index (χ0) is 14.2. The molecule has 110 valence electrons. The van der Waals surface area contributed by atoms with Crippen molar-refractivity contribution in [2.75, 3.05) is 0 Å². The number of rotatable bonds is 12. The van der Waals surface area contributed by atoms with Crippen molar-refractivity contribution in [3.05, 3.63) is 24.5 Å². The van der Waals surface area contributed by atoms with Crippen LogP contribution in [0.15, 0.2) is 24.5 Å². The third kappa shape index (κ3) is 14.9. The van der Waals surface area contributed by atoms with Gasteiger partial charge in [-0.25, -0.2) is 0 Å². The van der Waals surface area contributed by atoms with Crippen LogP contribution < -0.4 is 0 Å². The third-order valence-electron chi connectivity index (χ3n) is 2.98. The fraction of sp³-hybridized carbons (Fsp3) is 0.706. The van der Waals surface area contributed by atoms with Gasteiger partial charge in [0.25, 0.3) is 0 Å². The first-order valence-electron chi connectivity index (χ1n) is 7.82. The van der Waals surface area contributed by atoms with Gasteiger partial charge in [-0.05, 0) is 25.3 Å². The maximum atomic E-state index is 11.4. The number of hydrogen-bond donors (Lipinski definition) is 0. The monoisotopic (exact) mass is 266 g/mol. The Hall–Kier alpha value is -1.05. The first-order valence-corrected chi connectivity index (χ1v) is 7.82. The normalized spacial score (nSPS) is 11.5. The van der Waals surface area contributed by atoms with Gasteiger partial charge in [-0.3, -0.25) is 4.79 Å². The van der Waals surface area contributed by atoms with Crippen LogP contribution in [-0.2, 0) is 9.53 Å². The standard InChI is InChI=1S/C17H30O2/c1-3-5-7-9-10-12-14-16-19-17(18)15-13-11-8-6-4-2/h10,12,14,16H,3-9,11,13,15H2,1-2H3/b12-10+,16-14-. The first-order chi connectivity index (χ1) is 9.31. The molecule has 0 rings (SSSR count). The van der Waals surface area contributed by atoms with E-state index in [-0.39, 0.29) is 5.97 Å². The zero-order valence-electron chi connectivity index (χ0n) is 12.7. The number of unbranched alkanes of at least 4 members (excludes halogenated alkanes) is 7. The summed E-state index contributed by atoms with van der Waals surface area (Å²) in [5.74, 6) is -0.118. The van der Waals surface area contributed by atoms with Crippen LogP contribution in [0.5, 0.6) is 0 Å². The lowest BCUT2D eigenvalue weighted by molar-refractivity contribution is -0.138. The van der Waals surface area contributed by atoms with Gasteiger partial charge in [-0.1, -0.05) is 64.5 Å². The smallest absolute Gasteiger partial charge is 0.310 e. The summed E-state index contributed by atoms with van der Waals surface area (Å²) in [5.41, 5.74) is 0. The van der Waals surface area contributed by atoms with E-state index in [0.717, 1.165) is 19.3 Å². The summed E-state index contributed by atoms with van der Waals surface area (Å²) < 4.78 is 5.01. The lowest BCUT2D eigenvalue weighted by Gasteiger charge is -1.99. The topological polar surface area (TPSA) is 26.3 Å². The van der Waals surface area contributed by atoms with Crippen LogP contribution in [0.2, 0.25) is 0 Å². The molecule has 0 fully saturated rings. The molecule has 0 saturated heterocycles. The SMILES string of the molecule is CCCCC/C=C/C=C\OC(=O)CCCCCCC. The summed E-state index contributed by atoms with van der Waals surface area (Å²) in [4.78, 5) is 11.4. The Morgan fingerprint density at radius 1 is 0.895 bits per heavy atom. The highest BCUT2D eigenvalue weighted by Gasteiger charge is 1.99. The van der Waals surface area contributed by atoms with Gasteiger partial charge in [0.15, 0.2) is 0 Å². The molecule has 0 unspecified atom stereocenters. The second-order valence-corrected chi connectivity index (χ2v) is 4.91. The van der Waals surface area contributed by atoms with Crippen molar-refractivity contribution < 1.29 is 9.53 Å². The van der Waals surface area contributed by atoms with E-state index in [9.17, 15) is 4.79 Å². The molecule has 0 aliphatic heterocycles. The van der Waals surface area contributed by atoms with Crippen LogP contribution in [0.1, 0.15) is 78.1 Å². The Bertz CT molecular complexity index is 254. The summed E-state index contributed by atoms with van der Waals surface area (Å²) in [6.45, 7) is 4.39. The van der Waals surface area contributed by atoms with Crippen molar-refractivity contribution in [1.29, 1.82) is 0 Å². The van der Waals surface area contributed by atoms with Crippen LogP contribution >= 0.6 is 0 Å². The highest BCUT2D eigenvalue weighted by Crippen LogP contribution is 2.05. The minimum atomic E-state index is -0.118. The largest absolute Gasteiger partial charge is 0.434 e. The number of allylic oxidation sites excluding steroid dienone is 3. The average molecular weight is 266 g/mol. The molecule has 0 heterocycles. The van der Waals surface area contributed by atoms with Gasteiger partial charge in [0.1, 0.15) is 0 Å². The van der Waals surface area contributed by atoms with Crippen molar-refractivity contribution in [1.82, 2.24) is 0 Å². The van der Waals surface area contributed by atoms with E-state index in [2.05, 4.69) is 19.9 Å². The second-order valence-electron chi connectivity index (χ2n) is 4.91. The molecule has 0 amide bonds. The van der Waals surface area contributed by atoms with Gasteiger partial charge in [-0.15, -0.1) is 0 Å². The number of carbonyl (C=O) groups excluding carboxylic acids is 1. The van der Waals surface area contributed by atoms with Gasteiger partial charge in [0.2, 0.25) is 0 Å². The van der Waals surface area contributed by atoms with E-state index in [1.54, 1.807) is 6.08 Å². The van der Waals surface area contributed by atoms with Crippen LogP contribution in [0.25, 0.3) is 0 Å². The molecule has 0 spiro atoms. The predicted molar refractivity (Wildman–Crippen MR) is 81.9 cm³/mol. The van der Waals surface area contributed by atoms with Crippen LogP contribution in [0.3, 0.4) is 0 Å². The molecule has 0 bridgehead atoms. The van der Waals surface area contributed by atoms with Crippen molar-refractivity contribution in [3.8, 4) is 0 Å². The fourth-order valence-electron chi connectivity index (χ4n) is 1.78. The lowest BCUT2D eigenvalue weighted by atomic mass is 10.1. The van der Waals surface area contributed by atoms with E-state index >= 15 is 0 Å². The first kappa shape index (κ1) is 17.9. The molecule has 0 radical (unpaired) electrons. The molecule has 2 heteroatoms. The molecule has 0 aromatic rings. The van der Waals surface area contributed by atoms with Gasteiger partial charge in [0, 0.05) is 6.42 Å².